The number of aliphatic hydroxyl groups excluding tert-OH is 3. The van der Waals surface area contributed by atoms with Crippen molar-refractivity contribution < 1.29 is 24.8 Å². The van der Waals surface area contributed by atoms with Crippen LogP contribution >= 0.6 is 0 Å². The normalized spacial score (nSPS) is 38.4. The minimum absolute atomic E-state index is 0.143. The lowest BCUT2D eigenvalue weighted by molar-refractivity contribution is -0.0922. The zero-order valence-electron chi connectivity index (χ0n) is 21.0. The molecule has 1 fully saturated rings. The fourth-order valence-electron chi connectivity index (χ4n) is 7.40. The third-order valence-corrected chi connectivity index (χ3v) is 9.33. The van der Waals surface area contributed by atoms with Crippen LogP contribution in [0.1, 0.15) is 44.6 Å². The Balaban J connectivity index is 1.37. The highest BCUT2D eigenvalue weighted by atomic mass is 16.4. The van der Waals surface area contributed by atoms with Crippen molar-refractivity contribution in [3.05, 3.63) is 52.6 Å². The molecule has 4 aliphatic rings. The number of rotatable bonds is 2. The van der Waals surface area contributed by atoms with E-state index in [1.807, 2.05) is 37.2 Å². The number of nitrogens with two attached hydrogens (primary N) is 1. The van der Waals surface area contributed by atoms with Crippen molar-refractivity contribution in [2.45, 2.75) is 69.0 Å². The van der Waals surface area contributed by atoms with Gasteiger partial charge in [0.2, 0.25) is 0 Å². The molecule has 0 amide bonds. The Morgan fingerprint density at radius 3 is 2.69 bits per heavy atom. The topological polar surface area (TPSA) is 136 Å². The van der Waals surface area contributed by atoms with Crippen LogP contribution in [0.4, 0.5) is 6.01 Å². The first-order valence-electron chi connectivity index (χ1n) is 12.8. The van der Waals surface area contributed by atoms with E-state index in [9.17, 15) is 20.4 Å². The number of nitrogens with zero attached hydrogens (tertiary/aromatic N) is 2. The number of fused-ring (bicyclic) bond motifs is 4. The van der Waals surface area contributed by atoms with E-state index < -0.39 is 23.9 Å². The molecule has 1 heterocycles. The molecule has 0 spiro atoms. The van der Waals surface area contributed by atoms with Gasteiger partial charge in [-0.1, -0.05) is 30.7 Å². The average molecular weight is 494 g/mol. The number of likely N-dealkylation sites (N-methyl/N-ethyl adjacent to an activating group) is 1. The summed E-state index contributed by atoms with van der Waals surface area (Å²) in [5, 5.41) is 45.0. The zero-order valence-corrected chi connectivity index (χ0v) is 21.0. The Kier molecular flexibility index (Phi) is 5.31. The highest BCUT2D eigenvalue weighted by Gasteiger charge is 2.53. The fraction of sp³-hybridized carbons (Fsp3) is 0.536. The van der Waals surface area contributed by atoms with E-state index in [0.29, 0.717) is 42.4 Å². The van der Waals surface area contributed by atoms with E-state index in [0.717, 1.165) is 23.1 Å². The first-order chi connectivity index (χ1) is 17.0. The second-order valence-electron chi connectivity index (χ2n) is 11.6. The van der Waals surface area contributed by atoms with Crippen LogP contribution in [-0.4, -0.2) is 74.4 Å². The van der Waals surface area contributed by atoms with Gasteiger partial charge in [-0.25, -0.2) is 0 Å². The van der Waals surface area contributed by atoms with E-state index in [-0.39, 0.29) is 23.4 Å². The maximum atomic E-state index is 11.7. The molecule has 8 heteroatoms. The number of nitrogen functional groups attached to an aromatic ring is 1. The van der Waals surface area contributed by atoms with Gasteiger partial charge < -0.3 is 35.5 Å². The molecule has 7 unspecified atom stereocenters. The van der Waals surface area contributed by atoms with Crippen LogP contribution in [-0.2, 0) is 0 Å². The van der Waals surface area contributed by atoms with E-state index in [4.69, 9.17) is 10.2 Å². The van der Waals surface area contributed by atoms with Crippen LogP contribution in [0.5, 0.6) is 0 Å². The minimum atomic E-state index is -1.23. The second-order valence-corrected chi connectivity index (χ2v) is 11.6. The van der Waals surface area contributed by atoms with Crippen LogP contribution in [0, 0.1) is 11.3 Å². The summed E-state index contributed by atoms with van der Waals surface area (Å²) in [6.07, 6.45) is 3.92. The monoisotopic (exact) mass is 493 g/mol. The van der Waals surface area contributed by atoms with Crippen molar-refractivity contribution in [1.82, 2.24) is 9.88 Å². The highest BCUT2D eigenvalue weighted by Crippen LogP contribution is 2.60. The number of aliphatic hydroxyl groups is 4. The van der Waals surface area contributed by atoms with Crippen LogP contribution in [0.3, 0.4) is 0 Å². The van der Waals surface area contributed by atoms with Crippen LogP contribution in [0.2, 0.25) is 0 Å². The second kappa shape index (κ2) is 8.00. The van der Waals surface area contributed by atoms with Crippen molar-refractivity contribution in [2.24, 2.45) is 11.3 Å². The van der Waals surface area contributed by atoms with Gasteiger partial charge in [-0.3, -0.25) is 0 Å². The molecule has 6 rings (SSSR count). The van der Waals surface area contributed by atoms with Gasteiger partial charge in [0.05, 0.1) is 17.8 Å². The molecular formula is C28H35N3O5. The maximum absolute atomic E-state index is 11.7. The number of aromatic nitrogens is 1. The third kappa shape index (κ3) is 3.35. The van der Waals surface area contributed by atoms with E-state index in [1.54, 1.807) is 6.08 Å². The summed E-state index contributed by atoms with van der Waals surface area (Å²) >= 11 is 0. The zero-order chi connectivity index (χ0) is 25.6. The molecule has 2 aromatic rings. The standard InChI is InChI=1S/C28H35N3O5/c1-27-13-22(32)16-11-19-24(33)25(34)21(31(2)3)12-28(19,35)9-8-15(16)18(27)6-5-17(27)14-4-7-20-23(10-14)36-26(29)30-20/h4-5,7,10-11,18,21-22,24-25,32-35H,6,8-9,12-13H2,1-3H3,(H2,29,30). The number of hydrogen-bond donors (Lipinski definition) is 5. The van der Waals surface area contributed by atoms with Gasteiger partial charge in [0.15, 0.2) is 5.58 Å². The predicted octanol–water partition coefficient (Wildman–Crippen LogP) is 2.39. The summed E-state index contributed by atoms with van der Waals surface area (Å²) in [7, 11) is 3.70. The maximum Gasteiger partial charge on any atom is 0.292 e. The molecule has 7 atom stereocenters. The lowest BCUT2D eigenvalue weighted by atomic mass is 9.61. The molecule has 0 aliphatic heterocycles. The van der Waals surface area contributed by atoms with Crippen LogP contribution in [0.25, 0.3) is 16.7 Å². The summed E-state index contributed by atoms with van der Waals surface area (Å²) in [6, 6.07) is 5.71. The molecule has 8 nitrogen and oxygen atoms in total. The molecule has 4 aliphatic carbocycles. The first kappa shape index (κ1) is 23.9. The Morgan fingerprint density at radius 2 is 1.94 bits per heavy atom. The number of anilines is 1. The number of allylic oxidation sites excluding steroid dienone is 3. The fourth-order valence-corrected chi connectivity index (χ4v) is 7.40. The molecule has 36 heavy (non-hydrogen) atoms. The number of hydrogen-bond acceptors (Lipinski definition) is 8. The van der Waals surface area contributed by atoms with Gasteiger partial charge in [0.25, 0.3) is 6.01 Å². The molecule has 1 aromatic heterocycles. The quantitative estimate of drug-likeness (QED) is 0.430. The van der Waals surface area contributed by atoms with Crippen molar-refractivity contribution in [3.8, 4) is 0 Å². The highest BCUT2D eigenvalue weighted by molar-refractivity contribution is 5.83. The van der Waals surface area contributed by atoms with Crippen molar-refractivity contribution >= 4 is 22.7 Å². The summed E-state index contributed by atoms with van der Waals surface area (Å²) < 4.78 is 5.57. The Labute approximate surface area is 210 Å². The molecule has 6 N–H and O–H groups in total. The third-order valence-electron chi connectivity index (χ3n) is 9.33. The van der Waals surface area contributed by atoms with Crippen LogP contribution < -0.4 is 5.73 Å². The van der Waals surface area contributed by atoms with Gasteiger partial charge in [0.1, 0.15) is 11.6 Å². The summed E-state index contributed by atoms with van der Waals surface area (Å²) in [6.45, 7) is 2.21. The van der Waals surface area contributed by atoms with Gasteiger partial charge in [-0.05, 0) is 86.5 Å². The molecule has 192 valence electrons. The lowest BCUT2D eigenvalue weighted by Crippen LogP contribution is -2.58. The summed E-state index contributed by atoms with van der Waals surface area (Å²) in [4.78, 5) is 6.06. The first-order valence-corrected chi connectivity index (χ1v) is 12.8. The molecule has 0 bridgehead atoms. The Bertz CT molecular complexity index is 1330. The number of benzene rings is 1. The predicted molar refractivity (Wildman–Crippen MR) is 137 cm³/mol. The Hall–Kier alpha value is -2.49. The average Bonchev–Trinajstić information content (AvgIpc) is 3.30. The molecule has 1 aromatic carbocycles. The van der Waals surface area contributed by atoms with Crippen molar-refractivity contribution in [2.75, 3.05) is 19.8 Å². The van der Waals surface area contributed by atoms with E-state index >= 15 is 0 Å². The molecule has 0 saturated heterocycles. The molecule has 1 saturated carbocycles. The van der Waals surface area contributed by atoms with E-state index in [1.165, 1.54) is 5.57 Å². The Morgan fingerprint density at radius 1 is 1.17 bits per heavy atom. The smallest absolute Gasteiger partial charge is 0.292 e. The minimum Gasteiger partial charge on any atom is -0.424 e. The SMILES string of the molecule is CN(C)C1CC2(O)CCC3=C(C=C2C(O)C1O)C(O)CC1(C)C(c2ccc4nc(N)oc4c2)=CCC31. The molecule has 0 radical (unpaired) electrons. The van der Waals surface area contributed by atoms with Gasteiger partial charge in [0, 0.05) is 11.5 Å². The van der Waals surface area contributed by atoms with Gasteiger partial charge in [-0.2, -0.15) is 4.98 Å². The summed E-state index contributed by atoms with van der Waals surface area (Å²) in [5.41, 5.74) is 10.2. The van der Waals surface area contributed by atoms with E-state index in [2.05, 4.69) is 18.0 Å². The van der Waals surface area contributed by atoms with Crippen molar-refractivity contribution in [3.63, 3.8) is 0 Å². The van der Waals surface area contributed by atoms with Crippen LogP contribution in [0.15, 0.2) is 51.5 Å². The van der Waals surface area contributed by atoms with Crippen molar-refractivity contribution in [1.29, 1.82) is 0 Å². The van der Waals surface area contributed by atoms with Gasteiger partial charge in [-0.15, -0.1) is 0 Å². The van der Waals surface area contributed by atoms with Gasteiger partial charge >= 0.3 is 0 Å². The largest absolute Gasteiger partial charge is 0.424 e. The lowest BCUT2D eigenvalue weighted by Gasteiger charge is -2.46. The molecular weight excluding hydrogens is 458 g/mol. The summed E-state index contributed by atoms with van der Waals surface area (Å²) in [5.74, 6) is 0.175. The number of oxazole rings is 1.